The quantitative estimate of drug-likeness (QED) is 0.650. The first-order valence-corrected chi connectivity index (χ1v) is 9.53. The van der Waals surface area contributed by atoms with Crippen LogP contribution in [0, 0.1) is 6.92 Å². The highest BCUT2D eigenvalue weighted by atomic mass is 32.1. The van der Waals surface area contributed by atoms with E-state index in [1.165, 1.54) is 11.3 Å². The van der Waals surface area contributed by atoms with E-state index in [4.69, 9.17) is 0 Å². The van der Waals surface area contributed by atoms with Crippen molar-refractivity contribution in [3.8, 4) is 5.69 Å². The summed E-state index contributed by atoms with van der Waals surface area (Å²) in [5.74, 6) is -0.275. The first-order valence-electron chi connectivity index (χ1n) is 8.71. The number of hydrogen-bond donors (Lipinski definition) is 2. The van der Waals surface area contributed by atoms with Gasteiger partial charge in [0, 0.05) is 13.5 Å². The summed E-state index contributed by atoms with van der Waals surface area (Å²) < 4.78 is 3.33. The lowest BCUT2D eigenvalue weighted by atomic mass is 10.3. The number of carbonyl (C=O) groups excluding carboxylic acids is 1. The van der Waals surface area contributed by atoms with Crippen LogP contribution in [0.5, 0.6) is 0 Å². The SMILES string of the molecule is CCCc1nnc(NC(=O)CNc2c(C)n(C)n(-c3ccccc3)c2=O)s1. The average molecular weight is 386 g/mol. The van der Waals surface area contributed by atoms with Gasteiger partial charge in [-0.15, -0.1) is 10.2 Å². The van der Waals surface area contributed by atoms with Gasteiger partial charge in [-0.2, -0.15) is 0 Å². The number of nitrogens with one attached hydrogen (secondary N) is 2. The third kappa shape index (κ3) is 4.08. The molecule has 0 atom stereocenters. The number of aryl methyl sites for hydroxylation is 1. The highest BCUT2D eigenvalue weighted by Crippen LogP contribution is 2.17. The second-order valence-corrected chi connectivity index (χ2v) is 7.15. The van der Waals surface area contributed by atoms with E-state index in [-0.39, 0.29) is 18.0 Å². The van der Waals surface area contributed by atoms with E-state index in [0.717, 1.165) is 29.2 Å². The minimum absolute atomic E-state index is 0.0302. The van der Waals surface area contributed by atoms with Crippen molar-refractivity contribution >= 4 is 28.1 Å². The number of rotatable bonds is 7. The van der Waals surface area contributed by atoms with Crippen molar-refractivity contribution in [3.05, 3.63) is 51.4 Å². The Morgan fingerprint density at radius 2 is 1.96 bits per heavy atom. The smallest absolute Gasteiger partial charge is 0.295 e. The summed E-state index contributed by atoms with van der Waals surface area (Å²) in [6.07, 6.45) is 1.82. The van der Waals surface area contributed by atoms with Crippen LogP contribution in [0.1, 0.15) is 24.0 Å². The van der Waals surface area contributed by atoms with Crippen LogP contribution in [-0.4, -0.2) is 32.0 Å². The van der Waals surface area contributed by atoms with E-state index in [2.05, 4.69) is 27.8 Å². The fourth-order valence-corrected chi connectivity index (χ4v) is 3.58. The van der Waals surface area contributed by atoms with E-state index in [9.17, 15) is 9.59 Å². The number of benzene rings is 1. The molecule has 0 aliphatic carbocycles. The van der Waals surface area contributed by atoms with Crippen molar-refractivity contribution in [3.63, 3.8) is 0 Å². The minimum atomic E-state index is -0.275. The van der Waals surface area contributed by atoms with Crippen molar-refractivity contribution in [2.45, 2.75) is 26.7 Å². The molecule has 1 aromatic carbocycles. The van der Waals surface area contributed by atoms with E-state index in [1.807, 2.05) is 44.3 Å². The van der Waals surface area contributed by atoms with Crippen molar-refractivity contribution in [2.24, 2.45) is 7.05 Å². The lowest BCUT2D eigenvalue weighted by Gasteiger charge is -2.07. The van der Waals surface area contributed by atoms with Crippen LogP contribution in [0.3, 0.4) is 0 Å². The molecule has 0 radical (unpaired) electrons. The third-order valence-corrected chi connectivity index (χ3v) is 5.06. The van der Waals surface area contributed by atoms with Gasteiger partial charge < -0.3 is 5.32 Å². The van der Waals surface area contributed by atoms with E-state index < -0.39 is 0 Å². The van der Waals surface area contributed by atoms with Crippen LogP contribution in [0.4, 0.5) is 10.8 Å². The van der Waals surface area contributed by atoms with Gasteiger partial charge in [0.15, 0.2) is 0 Å². The molecule has 2 heterocycles. The Labute approximate surface area is 160 Å². The molecule has 8 nitrogen and oxygen atoms in total. The average Bonchev–Trinajstić information content (AvgIpc) is 3.17. The van der Waals surface area contributed by atoms with Gasteiger partial charge >= 0.3 is 0 Å². The monoisotopic (exact) mass is 386 g/mol. The summed E-state index contributed by atoms with van der Waals surface area (Å²) in [6.45, 7) is 3.87. The summed E-state index contributed by atoms with van der Waals surface area (Å²) in [7, 11) is 1.81. The zero-order valence-electron chi connectivity index (χ0n) is 15.5. The van der Waals surface area contributed by atoms with E-state index >= 15 is 0 Å². The Kier molecular flexibility index (Phi) is 5.70. The lowest BCUT2D eigenvalue weighted by Crippen LogP contribution is -2.25. The van der Waals surface area contributed by atoms with Gasteiger partial charge in [0.2, 0.25) is 11.0 Å². The maximum Gasteiger partial charge on any atom is 0.295 e. The van der Waals surface area contributed by atoms with Crippen molar-refractivity contribution in [1.29, 1.82) is 0 Å². The number of amides is 1. The van der Waals surface area contributed by atoms with Crippen LogP contribution >= 0.6 is 11.3 Å². The molecule has 0 saturated heterocycles. The predicted octanol–water partition coefficient (Wildman–Crippen LogP) is 2.34. The van der Waals surface area contributed by atoms with Crippen LogP contribution in [0.15, 0.2) is 35.1 Å². The van der Waals surface area contributed by atoms with E-state index in [0.29, 0.717) is 10.8 Å². The number of aromatic nitrogens is 4. The summed E-state index contributed by atoms with van der Waals surface area (Å²) in [6, 6.07) is 9.37. The molecule has 0 aliphatic rings. The molecular weight excluding hydrogens is 364 g/mol. The van der Waals surface area contributed by atoms with Gasteiger partial charge in [-0.25, -0.2) is 4.68 Å². The molecule has 0 unspecified atom stereocenters. The zero-order chi connectivity index (χ0) is 19.4. The van der Waals surface area contributed by atoms with Crippen LogP contribution < -0.4 is 16.2 Å². The number of anilines is 2. The van der Waals surface area contributed by atoms with Gasteiger partial charge in [-0.3, -0.25) is 19.6 Å². The van der Waals surface area contributed by atoms with Gasteiger partial charge in [0.05, 0.1) is 17.9 Å². The first-order chi connectivity index (χ1) is 13.0. The molecule has 9 heteroatoms. The first kappa shape index (κ1) is 18.8. The summed E-state index contributed by atoms with van der Waals surface area (Å²) in [5.41, 5.74) is 1.72. The molecule has 2 aromatic heterocycles. The molecule has 3 aromatic rings. The largest absolute Gasteiger partial charge is 0.370 e. The number of nitrogens with zero attached hydrogens (tertiary/aromatic N) is 4. The Morgan fingerprint density at radius 3 is 2.67 bits per heavy atom. The Bertz CT molecular complexity index is 989. The normalized spacial score (nSPS) is 10.8. The summed E-state index contributed by atoms with van der Waals surface area (Å²) in [4.78, 5) is 25.0. The Hall–Kier alpha value is -2.94. The standard InChI is InChI=1S/C18H22N6O2S/c1-4-8-15-21-22-18(27-15)20-14(25)11-19-16-12(2)23(3)24(17(16)26)13-9-6-5-7-10-13/h5-7,9-10,19H,4,8,11H2,1-3H3,(H,20,22,25). The molecular formula is C18H22N6O2S. The van der Waals surface area contributed by atoms with Gasteiger partial charge in [-0.05, 0) is 25.5 Å². The van der Waals surface area contributed by atoms with E-state index in [1.54, 1.807) is 9.36 Å². The molecule has 0 bridgehead atoms. The van der Waals surface area contributed by atoms with Crippen molar-refractivity contribution in [2.75, 3.05) is 17.2 Å². The molecule has 27 heavy (non-hydrogen) atoms. The Morgan fingerprint density at radius 1 is 1.22 bits per heavy atom. The summed E-state index contributed by atoms with van der Waals surface area (Å²) >= 11 is 1.37. The molecule has 142 valence electrons. The molecule has 1 amide bonds. The highest BCUT2D eigenvalue weighted by Gasteiger charge is 2.17. The van der Waals surface area contributed by atoms with Gasteiger partial charge in [-0.1, -0.05) is 36.5 Å². The van der Waals surface area contributed by atoms with Crippen LogP contribution in [0.25, 0.3) is 5.69 Å². The fourth-order valence-electron chi connectivity index (χ4n) is 2.72. The molecule has 0 spiro atoms. The molecule has 2 N–H and O–H groups in total. The van der Waals surface area contributed by atoms with Crippen LogP contribution in [-0.2, 0) is 18.3 Å². The lowest BCUT2D eigenvalue weighted by molar-refractivity contribution is -0.114. The topological polar surface area (TPSA) is 93.8 Å². The predicted molar refractivity (Wildman–Crippen MR) is 107 cm³/mol. The highest BCUT2D eigenvalue weighted by molar-refractivity contribution is 7.15. The van der Waals surface area contributed by atoms with Gasteiger partial charge in [0.25, 0.3) is 5.56 Å². The van der Waals surface area contributed by atoms with Crippen molar-refractivity contribution in [1.82, 2.24) is 19.6 Å². The fraction of sp³-hybridized carbons (Fsp3) is 0.333. The number of para-hydroxylation sites is 1. The maximum atomic E-state index is 12.8. The molecule has 0 saturated carbocycles. The number of carbonyl (C=O) groups is 1. The molecule has 0 aliphatic heterocycles. The minimum Gasteiger partial charge on any atom is -0.370 e. The zero-order valence-corrected chi connectivity index (χ0v) is 16.3. The number of hydrogen-bond acceptors (Lipinski definition) is 6. The maximum absolute atomic E-state index is 12.8. The second kappa shape index (κ2) is 8.17. The van der Waals surface area contributed by atoms with Crippen molar-refractivity contribution < 1.29 is 4.79 Å². The molecule has 0 fully saturated rings. The second-order valence-electron chi connectivity index (χ2n) is 6.09. The van der Waals surface area contributed by atoms with Gasteiger partial charge in [0.1, 0.15) is 10.7 Å². The third-order valence-electron chi connectivity index (χ3n) is 4.16. The Balaban J connectivity index is 1.71. The molecule has 3 rings (SSSR count). The van der Waals surface area contributed by atoms with Crippen LogP contribution in [0.2, 0.25) is 0 Å². The summed E-state index contributed by atoms with van der Waals surface area (Å²) in [5, 5.41) is 15.0.